The second-order valence-electron chi connectivity index (χ2n) is 9.12. The van der Waals surface area contributed by atoms with Crippen LogP contribution in [0.2, 0.25) is 0 Å². The molecular formula is C25H66N8. The summed E-state index contributed by atoms with van der Waals surface area (Å²) in [5.74, 6) is 0. The maximum Gasteiger partial charge on any atom is 0 e. The minimum absolute atomic E-state index is 0. The van der Waals surface area contributed by atoms with Gasteiger partial charge in [-0.1, -0.05) is 7.43 Å². The molecular weight excluding hydrogens is 412 g/mol. The monoisotopic (exact) mass is 480 g/mol. The Labute approximate surface area is 210 Å². The average Bonchev–Trinajstić information content (AvgIpc) is 2.77. The van der Waals surface area contributed by atoms with Crippen LogP contribution in [-0.4, -0.2) is 140 Å². The molecule has 33 heavy (non-hydrogen) atoms. The molecule has 0 aliphatic rings. The summed E-state index contributed by atoms with van der Waals surface area (Å²) in [5.41, 5.74) is 11.0. The van der Waals surface area contributed by atoms with E-state index in [0.717, 1.165) is 52.1 Å². The van der Waals surface area contributed by atoms with Crippen molar-refractivity contribution in [2.45, 2.75) is 46.0 Å². The molecule has 6 N–H and O–H groups in total. The first-order chi connectivity index (χ1) is 15.4. The fraction of sp³-hybridized carbons (Fsp3) is 1.00. The molecule has 0 aromatic rings. The smallest absolute Gasteiger partial charge is 0 e. The van der Waals surface area contributed by atoms with Crippen LogP contribution in [0.4, 0.5) is 0 Å². The number of hydrogen-bond donors (Lipinski definition) is 4. The Morgan fingerprint density at radius 2 is 0.727 bits per heavy atom. The van der Waals surface area contributed by atoms with Gasteiger partial charge >= 0.3 is 0 Å². The Bertz CT molecular complexity index is 323. The van der Waals surface area contributed by atoms with Crippen molar-refractivity contribution in [3.63, 3.8) is 0 Å². The van der Waals surface area contributed by atoms with E-state index in [0.29, 0.717) is 0 Å². The molecule has 8 heteroatoms. The Morgan fingerprint density at radius 3 is 0.970 bits per heavy atom. The minimum Gasteiger partial charge on any atom is -0.330 e. The molecule has 8 nitrogen and oxygen atoms in total. The lowest BCUT2D eigenvalue weighted by molar-refractivity contribution is 0.256. The predicted molar refractivity (Wildman–Crippen MR) is 152 cm³/mol. The van der Waals surface area contributed by atoms with E-state index in [1.165, 1.54) is 65.0 Å². The first-order valence-corrected chi connectivity index (χ1v) is 12.8. The van der Waals surface area contributed by atoms with Gasteiger partial charge in [0.15, 0.2) is 0 Å². The van der Waals surface area contributed by atoms with E-state index in [4.69, 9.17) is 11.5 Å². The van der Waals surface area contributed by atoms with Crippen LogP contribution in [0.5, 0.6) is 0 Å². The van der Waals surface area contributed by atoms with Gasteiger partial charge in [-0.15, -0.1) is 0 Å². The summed E-state index contributed by atoms with van der Waals surface area (Å²) in [7, 11) is 12.8. The van der Waals surface area contributed by atoms with Gasteiger partial charge in [-0.2, -0.15) is 0 Å². The SMILES string of the molecule is C.CN(CCCN)CCCN(C)CCCN(C)CCCN.CNCCCN(C)CCCNC.[2HH]. The van der Waals surface area contributed by atoms with E-state index in [1.807, 2.05) is 14.1 Å². The largest absolute Gasteiger partial charge is 0.330 e. The van der Waals surface area contributed by atoms with Crippen LogP contribution in [0.25, 0.3) is 0 Å². The van der Waals surface area contributed by atoms with Gasteiger partial charge in [-0.3, -0.25) is 0 Å². The molecule has 0 aliphatic carbocycles. The second kappa shape index (κ2) is 29.7. The summed E-state index contributed by atoms with van der Waals surface area (Å²) in [4.78, 5) is 9.57. The average molecular weight is 480 g/mol. The van der Waals surface area contributed by atoms with E-state index in [1.54, 1.807) is 0 Å². The van der Waals surface area contributed by atoms with E-state index in [9.17, 15) is 0 Å². The topological polar surface area (TPSA) is 89.1 Å². The lowest BCUT2D eigenvalue weighted by Crippen LogP contribution is -2.30. The number of hydrogen-bond acceptors (Lipinski definition) is 8. The molecule has 0 aromatic carbocycles. The van der Waals surface area contributed by atoms with Crippen LogP contribution in [0.15, 0.2) is 0 Å². The van der Waals surface area contributed by atoms with Gasteiger partial charge in [-0.25, -0.2) is 0 Å². The third kappa shape index (κ3) is 31.7. The standard InChI is InChI=1S/C15H37N5.C9H23N3.CH4.H2/c1-18(10-4-8-16)12-6-14-20(3)15-7-13-19(2)11-5-9-17;1-10-6-4-8-12(3)9-5-7-11-2;;/h4-17H2,1-3H3;10-11H,4-9H2,1-3H3;1H4;1H/i;;;1+1. The van der Waals surface area contributed by atoms with Crippen LogP contribution < -0.4 is 22.1 Å². The van der Waals surface area contributed by atoms with Gasteiger partial charge in [0.25, 0.3) is 0 Å². The van der Waals surface area contributed by atoms with Crippen molar-refractivity contribution in [3.05, 3.63) is 0 Å². The molecule has 0 aliphatic heterocycles. The van der Waals surface area contributed by atoms with Gasteiger partial charge in [0.05, 0.1) is 0 Å². The highest BCUT2D eigenvalue weighted by Crippen LogP contribution is 1.96. The number of nitrogens with two attached hydrogens (primary N) is 2. The highest BCUT2D eigenvalue weighted by atomic mass is 15.1. The Hall–Kier alpha value is -0.320. The summed E-state index contributed by atoms with van der Waals surface area (Å²) >= 11 is 0. The maximum atomic E-state index is 5.52. The van der Waals surface area contributed by atoms with Crippen molar-refractivity contribution in [1.29, 1.82) is 0 Å². The first-order valence-electron chi connectivity index (χ1n) is 12.8. The van der Waals surface area contributed by atoms with Crippen LogP contribution in [0.1, 0.15) is 47.4 Å². The van der Waals surface area contributed by atoms with Gasteiger partial charge < -0.3 is 41.7 Å². The molecule has 0 radical (unpaired) electrons. The van der Waals surface area contributed by atoms with Crippen molar-refractivity contribution in [1.82, 2.24) is 30.2 Å². The number of nitrogens with zero attached hydrogens (tertiary/aromatic N) is 4. The number of nitrogens with one attached hydrogen (secondary N) is 2. The van der Waals surface area contributed by atoms with Gasteiger partial charge in [0.1, 0.15) is 0 Å². The Balaban J connectivity index is -0.000000279. The normalized spacial score (nSPS) is 11.3. The quantitative estimate of drug-likeness (QED) is 0.173. The zero-order chi connectivity index (χ0) is 24.5. The third-order valence-electron chi connectivity index (χ3n) is 5.58. The highest BCUT2D eigenvalue weighted by Gasteiger charge is 2.03. The summed E-state index contributed by atoms with van der Waals surface area (Å²) in [6.07, 6.45) is 7.16. The van der Waals surface area contributed by atoms with Crippen LogP contribution in [0.3, 0.4) is 0 Å². The summed E-state index contributed by atoms with van der Waals surface area (Å²) in [6.45, 7) is 13.2. The fourth-order valence-corrected chi connectivity index (χ4v) is 3.44. The van der Waals surface area contributed by atoms with Gasteiger partial charge in [0.2, 0.25) is 0 Å². The van der Waals surface area contributed by atoms with Gasteiger partial charge in [0, 0.05) is 1.43 Å². The third-order valence-corrected chi connectivity index (χ3v) is 5.58. The van der Waals surface area contributed by atoms with E-state index < -0.39 is 0 Å². The van der Waals surface area contributed by atoms with Crippen molar-refractivity contribution in [2.75, 3.05) is 121 Å². The van der Waals surface area contributed by atoms with E-state index in [-0.39, 0.29) is 8.85 Å². The molecule has 0 unspecified atom stereocenters. The molecule has 0 heterocycles. The van der Waals surface area contributed by atoms with Crippen LogP contribution in [-0.2, 0) is 0 Å². The first kappa shape index (κ1) is 37.2. The zero-order valence-electron chi connectivity index (χ0n) is 22.7. The lowest BCUT2D eigenvalue weighted by Gasteiger charge is -2.21. The molecule has 0 atom stereocenters. The van der Waals surface area contributed by atoms with Crippen LogP contribution >= 0.6 is 0 Å². The van der Waals surface area contributed by atoms with Crippen molar-refractivity contribution >= 4 is 0 Å². The van der Waals surface area contributed by atoms with Crippen LogP contribution in [0, 0.1) is 0 Å². The predicted octanol–water partition coefficient (Wildman–Crippen LogP) is 1.28. The molecule has 0 saturated carbocycles. The molecule has 0 rings (SSSR count). The number of rotatable bonds is 22. The fourth-order valence-electron chi connectivity index (χ4n) is 3.44. The molecule has 0 bridgehead atoms. The second-order valence-corrected chi connectivity index (χ2v) is 9.12. The van der Waals surface area contributed by atoms with Gasteiger partial charge in [-0.05, 0) is 159 Å². The Morgan fingerprint density at radius 1 is 0.485 bits per heavy atom. The van der Waals surface area contributed by atoms with E-state index >= 15 is 0 Å². The van der Waals surface area contributed by atoms with Crippen molar-refractivity contribution in [3.8, 4) is 0 Å². The summed E-state index contributed by atoms with van der Waals surface area (Å²) < 4.78 is 0. The molecule has 0 aromatic heterocycles. The maximum absolute atomic E-state index is 5.52. The van der Waals surface area contributed by atoms with Crippen molar-refractivity contribution in [2.24, 2.45) is 11.5 Å². The van der Waals surface area contributed by atoms with E-state index in [2.05, 4.69) is 58.4 Å². The molecule has 0 saturated heterocycles. The Kier molecular flexibility index (Phi) is 33.5. The summed E-state index contributed by atoms with van der Waals surface area (Å²) in [6, 6.07) is 0. The molecule has 0 fully saturated rings. The molecule has 0 amide bonds. The molecule has 206 valence electrons. The van der Waals surface area contributed by atoms with Crippen molar-refractivity contribution < 1.29 is 1.43 Å². The summed E-state index contributed by atoms with van der Waals surface area (Å²) in [5, 5.41) is 6.30. The zero-order valence-corrected chi connectivity index (χ0v) is 22.7. The highest BCUT2D eigenvalue weighted by molar-refractivity contribution is 4.59. The molecule has 0 spiro atoms. The lowest BCUT2D eigenvalue weighted by atomic mass is 10.3. The minimum atomic E-state index is 0.